The van der Waals surface area contributed by atoms with E-state index < -0.39 is 0 Å². The first kappa shape index (κ1) is 19.6. The minimum Gasteiger partial charge on any atom is -0.497 e. The number of para-hydroxylation sites is 1. The third-order valence-electron chi connectivity index (χ3n) is 5.51. The fourth-order valence-corrected chi connectivity index (χ4v) is 3.60. The van der Waals surface area contributed by atoms with Gasteiger partial charge in [0.05, 0.1) is 18.2 Å². The highest BCUT2D eigenvalue weighted by Crippen LogP contribution is 2.19. The summed E-state index contributed by atoms with van der Waals surface area (Å²) in [5, 5.41) is 0.542. The van der Waals surface area contributed by atoms with Crippen LogP contribution in [-0.4, -0.2) is 17.5 Å². The van der Waals surface area contributed by atoms with Crippen molar-refractivity contribution in [3.8, 4) is 5.75 Å². The minimum atomic E-state index is -0.252. The van der Waals surface area contributed by atoms with E-state index in [1.807, 2.05) is 73.0 Å². The Kier molecular flexibility index (Phi) is 5.23. The zero-order valence-electron chi connectivity index (χ0n) is 17.3. The maximum Gasteiger partial charge on any atom is 0.200 e. The third kappa shape index (κ3) is 3.64. The van der Waals surface area contributed by atoms with Crippen LogP contribution in [-0.2, 0) is 6.54 Å². The predicted octanol–water partition coefficient (Wildman–Crippen LogP) is 4.91. The molecule has 0 aliphatic rings. The molecule has 0 radical (unpaired) electrons. The van der Waals surface area contributed by atoms with Crippen molar-refractivity contribution in [1.82, 2.24) is 4.57 Å². The highest BCUT2D eigenvalue weighted by molar-refractivity contribution is 6.10. The Bertz CT molecular complexity index is 1300. The number of carbonyl (C=O) groups excluding carboxylic acids is 1. The van der Waals surface area contributed by atoms with Gasteiger partial charge in [-0.1, -0.05) is 36.4 Å². The average molecular weight is 397 g/mol. The van der Waals surface area contributed by atoms with Crippen molar-refractivity contribution in [2.75, 3.05) is 7.11 Å². The molecule has 1 heterocycles. The summed E-state index contributed by atoms with van der Waals surface area (Å²) in [7, 11) is 1.63. The van der Waals surface area contributed by atoms with Crippen LogP contribution in [0.25, 0.3) is 10.9 Å². The van der Waals surface area contributed by atoms with Gasteiger partial charge in [-0.05, 0) is 60.9 Å². The number of ketones is 1. The molecule has 0 aliphatic carbocycles. The van der Waals surface area contributed by atoms with Gasteiger partial charge < -0.3 is 9.30 Å². The largest absolute Gasteiger partial charge is 0.497 e. The van der Waals surface area contributed by atoms with Crippen LogP contribution in [0.2, 0.25) is 0 Å². The molecule has 0 N–H and O–H groups in total. The van der Waals surface area contributed by atoms with E-state index in [9.17, 15) is 9.59 Å². The fraction of sp³-hybridized carbons (Fsp3) is 0.154. The van der Waals surface area contributed by atoms with Gasteiger partial charge in [0.15, 0.2) is 5.78 Å². The van der Waals surface area contributed by atoms with Crippen molar-refractivity contribution < 1.29 is 9.53 Å². The van der Waals surface area contributed by atoms with E-state index in [4.69, 9.17) is 4.74 Å². The Hall–Kier alpha value is -3.66. The van der Waals surface area contributed by atoms with E-state index in [1.54, 1.807) is 25.4 Å². The van der Waals surface area contributed by atoms with Crippen molar-refractivity contribution in [2.24, 2.45) is 0 Å². The van der Waals surface area contributed by atoms with E-state index >= 15 is 0 Å². The van der Waals surface area contributed by atoms with Gasteiger partial charge in [-0.15, -0.1) is 0 Å². The maximum atomic E-state index is 13.2. The van der Waals surface area contributed by atoms with Gasteiger partial charge in [-0.25, -0.2) is 0 Å². The molecule has 4 heteroatoms. The number of hydrogen-bond acceptors (Lipinski definition) is 3. The van der Waals surface area contributed by atoms with E-state index in [-0.39, 0.29) is 16.8 Å². The number of pyridine rings is 1. The second kappa shape index (κ2) is 7.99. The number of rotatable bonds is 5. The lowest BCUT2D eigenvalue weighted by Crippen LogP contribution is -2.20. The summed E-state index contributed by atoms with van der Waals surface area (Å²) in [5.74, 6) is 0.534. The molecule has 1 aromatic heterocycles. The second-order valence-electron chi connectivity index (χ2n) is 7.49. The van der Waals surface area contributed by atoms with Crippen LogP contribution in [0.1, 0.15) is 32.6 Å². The predicted molar refractivity (Wildman–Crippen MR) is 120 cm³/mol. The second-order valence-corrected chi connectivity index (χ2v) is 7.49. The first-order chi connectivity index (χ1) is 14.5. The van der Waals surface area contributed by atoms with Crippen LogP contribution < -0.4 is 10.2 Å². The van der Waals surface area contributed by atoms with Gasteiger partial charge in [0.25, 0.3) is 0 Å². The van der Waals surface area contributed by atoms with E-state index in [1.165, 1.54) is 0 Å². The van der Waals surface area contributed by atoms with Gasteiger partial charge in [-0.2, -0.15) is 0 Å². The maximum absolute atomic E-state index is 13.2. The highest BCUT2D eigenvalue weighted by atomic mass is 16.5. The van der Waals surface area contributed by atoms with Crippen molar-refractivity contribution in [3.63, 3.8) is 0 Å². The van der Waals surface area contributed by atoms with E-state index in [0.717, 1.165) is 28.0 Å². The molecule has 0 unspecified atom stereocenters. The summed E-state index contributed by atoms with van der Waals surface area (Å²) in [4.78, 5) is 26.4. The summed E-state index contributed by atoms with van der Waals surface area (Å²) in [6.45, 7) is 4.51. The highest BCUT2D eigenvalue weighted by Gasteiger charge is 2.17. The third-order valence-corrected chi connectivity index (χ3v) is 5.51. The summed E-state index contributed by atoms with van der Waals surface area (Å²) in [6.07, 6.45) is 1.69. The monoisotopic (exact) mass is 397 g/mol. The van der Waals surface area contributed by atoms with Crippen LogP contribution in [0.15, 0.2) is 77.7 Å². The Morgan fingerprint density at radius 3 is 2.37 bits per heavy atom. The number of ether oxygens (including phenoxy) is 1. The number of aryl methyl sites for hydroxylation is 2. The quantitative estimate of drug-likeness (QED) is 0.450. The van der Waals surface area contributed by atoms with Crippen LogP contribution in [0, 0.1) is 13.8 Å². The Morgan fingerprint density at radius 1 is 0.933 bits per heavy atom. The van der Waals surface area contributed by atoms with Gasteiger partial charge in [0, 0.05) is 23.7 Å². The number of fused-ring (bicyclic) bond motifs is 1. The zero-order chi connectivity index (χ0) is 21.3. The van der Waals surface area contributed by atoms with Gasteiger partial charge in [-0.3, -0.25) is 9.59 Å². The molecule has 0 amide bonds. The first-order valence-electron chi connectivity index (χ1n) is 9.85. The number of aromatic nitrogens is 1. The summed E-state index contributed by atoms with van der Waals surface area (Å²) in [5.41, 5.74) is 4.47. The fourth-order valence-electron chi connectivity index (χ4n) is 3.60. The van der Waals surface area contributed by atoms with Gasteiger partial charge >= 0.3 is 0 Å². The van der Waals surface area contributed by atoms with Crippen molar-refractivity contribution in [1.29, 1.82) is 0 Å². The van der Waals surface area contributed by atoms with Crippen molar-refractivity contribution >= 4 is 16.7 Å². The summed E-state index contributed by atoms with van der Waals surface area (Å²) >= 11 is 0. The van der Waals surface area contributed by atoms with Crippen LogP contribution in [0.3, 0.4) is 0 Å². The topological polar surface area (TPSA) is 48.3 Å². The Morgan fingerprint density at radius 2 is 1.67 bits per heavy atom. The van der Waals surface area contributed by atoms with Crippen LogP contribution in [0.5, 0.6) is 5.75 Å². The standard InChI is InChI=1S/C26H23NO3/c1-17-8-11-20(14-18(17)2)25(28)23-16-27(15-19-9-12-21(30-3)13-10-19)24-7-5-4-6-22(24)26(23)29/h4-14,16H,15H2,1-3H3. The molecule has 0 saturated heterocycles. The number of nitrogens with zero attached hydrogens (tertiary/aromatic N) is 1. The normalized spacial score (nSPS) is 10.9. The molecular weight excluding hydrogens is 374 g/mol. The first-order valence-corrected chi connectivity index (χ1v) is 9.85. The van der Waals surface area contributed by atoms with Crippen LogP contribution >= 0.6 is 0 Å². The van der Waals surface area contributed by atoms with E-state index in [0.29, 0.717) is 17.5 Å². The molecule has 0 atom stereocenters. The van der Waals surface area contributed by atoms with Crippen molar-refractivity contribution in [2.45, 2.75) is 20.4 Å². The Balaban J connectivity index is 1.84. The number of carbonyl (C=O) groups is 1. The lowest BCUT2D eigenvalue weighted by molar-refractivity contribution is 0.103. The van der Waals surface area contributed by atoms with Crippen molar-refractivity contribution in [3.05, 3.63) is 111 Å². The smallest absolute Gasteiger partial charge is 0.200 e. The average Bonchev–Trinajstić information content (AvgIpc) is 2.77. The molecule has 150 valence electrons. The molecule has 0 saturated carbocycles. The molecule has 0 fully saturated rings. The van der Waals surface area contributed by atoms with E-state index in [2.05, 4.69) is 0 Å². The number of benzene rings is 3. The Labute approximate surface area is 175 Å². The SMILES string of the molecule is COc1ccc(Cn2cc(C(=O)c3ccc(C)c(C)c3)c(=O)c3ccccc32)cc1. The lowest BCUT2D eigenvalue weighted by atomic mass is 9.98. The number of hydrogen-bond donors (Lipinski definition) is 0. The molecule has 30 heavy (non-hydrogen) atoms. The minimum absolute atomic E-state index is 0.186. The molecule has 4 aromatic rings. The summed E-state index contributed by atoms with van der Waals surface area (Å²) in [6, 6.07) is 20.7. The molecule has 4 rings (SSSR count). The van der Waals surface area contributed by atoms with Gasteiger partial charge in [0.2, 0.25) is 5.43 Å². The molecule has 0 aliphatic heterocycles. The molecule has 0 spiro atoms. The lowest BCUT2D eigenvalue weighted by Gasteiger charge is -2.14. The van der Waals surface area contributed by atoms with Gasteiger partial charge in [0.1, 0.15) is 5.75 Å². The zero-order valence-corrected chi connectivity index (χ0v) is 17.3. The summed E-state index contributed by atoms with van der Waals surface area (Å²) < 4.78 is 7.20. The molecule has 3 aromatic carbocycles. The molecule has 4 nitrogen and oxygen atoms in total. The number of methoxy groups -OCH3 is 1. The van der Waals surface area contributed by atoms with Crippen LogP contribution in [0.4, 0.5) is 0 Å². The molecule has 0 bridgehead atoms. The molecular formula is C26H23NO3.